The van der Waals surface area contributed by atoms with Crippen molar-refractivity contribution < 1.29 is 27.3 Å². The molecule has 0 unspecified atom stereocenters. The molecule has 1 N–H and O–H groups in total. The second-order valence-electron chi connectivity index (χ2n) is 5.96. The van der Waals surface area contributed by atoms with Gasteiger partial charge in [-0.2, -0.15) is 0 Å². The summed E-state index contributed by atoms with van der Waals surface area (Å²) in [6.07, 6.45) is 1.27. The maximum absolute atomic E-state index is 13.0. The first kappa shape index (κ1) is 21.3. The van der Waals surface area contributed by atoms with Crippen molar-refractivity contribution in [3.63, 3.8) is 0 Å². The van der Waals surface area contributed by atoms with Gasteiger partial charge in [-0.1, -0.05) is 35.0 Å². The number of benzene rings is 2. The van der Waals surface area contributed by atoms with Gasteiger partial charge < -0.3 is 14.6 Å². The lowest BCUT2D eigenvalue weighted by Gasteiger charge is -2.20. The molecule has 0 aliphatic rings. The molecule has 0 saturated carbocycles. The molecule has 1 heterocycles. The number of ether oxygens (including phenoxy) is 1. The van der Waals surface area contributed by atoms with E-state index in [9.17, 15) is 18.0 Å². The van der Waals surface area contributed by atoms with E-state index in [1.807, 2.05) is 0 Å². The van der Waals surface area contributed by atoms with Crippen LogP contribution in [0.4, 0.5) is 11.5 Å². The molecular weight excluding hydrogens is 434 g/mol. The second kappa shape index (κ2) is 8.97. The van der Waals surface area contributed by atoms with Crippen molar-refractivity contribution in [2.75, 3.05) is 23.3 Å². The highest BCUT2D eigenvalue weighted by atomic mass is 35.5. The number of hydrogen-bond acceptors (Lipinski definition) is 7. The Morgan fingerprint density at radius 2 is 1.90 bits per heavy atom. The fourth-order valence-corrected chi connectivity index (χ4v) is 4.12. The molecule has 3 rings (SSSR count). The molecular formula is C19H16ClN3O6S. The van der Waals surface area contributed by atoms with Crippen LogP contribution in [0.3, 0.4) is 0 Å². The molecule has 1 aromatic heterocycles. The minimum atomic E-state index is -4.05. The maximum atomic E-state index is 13.0. The third kappa shape index (κ3) is 4.78. The number of nitrogens with zero attached hydrogens (tertiary/aromatic N) is 2. The number of hydrogen-bond donors (Lipinski definition) is 1. The Labute approximate surface area is 177 Å². The fourth-order valence-electron chi connectivity index (χ4n) is 2.42. The Bertz CT molecular complexity index is 1150. The zero-order chi connectivity index (χ0) is 21.7. The Morgan fingerprint density at radius 1 is 1.17 bits per heavy atom. The second-order valence-corrected chi connectivity index (χ2v) is 8.31. The van der Waals surface area contributed by atoms with Crippen molar-refractivity contribution >= 4 is 45.0 Å². The minimum absolute atomic E-state index is 0.0573. The lowest BCUT2D eigenvalue weighted by Crippen LogP contribution is -2.27. The summed E-state index contributed by atoms with van der Waals surface area (Å²) >= 11 is 6.09. The number of halogens is 1. The summed E-state index contributed by atoms with van der Waals surface area (Å²) < 4.78 is 36.5. The van der Waals surface area contributed by atoms with E-state index in [1.54, 1.807) is 30.3 Å². The Balaban J connectivity index is 1.75. The summed E-state index contributed by atoms with van der Waals surface area (Å²) in [7, 11) is -2.67. The highest BCUT2D eigenvalue weighted by Gasteiger charge is 2.26. The molecule has 9 nitrogen and oxygen atoms in total. The number of rotatable bonds is 7. The SMILES string of the molecule is CN(c1ccccc1)S(=O)(=O)c1cc(C(=O)OCC(=O)Nc2ccon2)ccc1Cl. The molecule has 156 valence electrons. The number of para-hydroxylation sites is 1. The lowest BCUT2D eigenvalue weighted by molar-refractivity contribution is -0.119. The van der Waals surface area contributed by atoms with Gasteiger partial charge in [0, 0.05) is 13.1 Å². The van der Waals surface area contributed by atoms with Crippen LogP contribution in [-0.4, -0.2) is 39.1 Å². The van der Waals surface area contributed by atoms with Crippen LogP contribution in [0.1, 0.15) is 10.4 Å². The fraction of sp³-hybridized carbons (Fsp3) is 0.105. The predicted molar refractivity (Wildman–Crippen MR) is 109 cm³/mol. The van der Waals surface area contributed by atoms with Gasteiger partial charge >= 0.3 is 5.97 Å². The Kier molecular flexibility index (Phi) is 6.38. The molecule has 0 spiro atoms. The number of sulfonamides is 1. The van der Waals surface area contributed by atoms with Crippen LogP contribution in [0.25, 0.3) is 0 Å². The zero-order valence-electron chi connectivity index (χ0n) is 15.6. The summed E-state index contributed by atoms with van der Waals surface area (Å²) in [6.45, 7) is -0.597. The van der Waals surface area contributed by atoms with E-state index >= 15 is 0 Å². The molecule has 0 aliphatic heterocycles. The standard InChI is InChI=1S/C19H16ClN3O6S/c1-23(14-5-3-2-4-6-14)30(26,27)16-11-13(7-8-15(16)20)19(25)28-12-18(24)21-17-9-10-29-22-17/h2-11H,12H2,1H3,(H,21,22,24). The van der Waals surface area contributed by atoms with Crippen LogP contribution in [0.15, 0.2) is 70.3 Å². The maximum Gasteiger partial charge on any atom is 0.338 e. The molecule has 0 fully saturated rings. The number of carbonyl (C=O) groups excluding carboxylic acids is 2. The number of esters is 1. The molecule has 0 atom stereocenters. The molecule has 3 aromatic rings. The molecule has 0 radical (unpaired) electrons. The van der Waals surface area contributed by atoms with E-state index in [-0.39, 0.29) is 21.3 Å². The van der Waals surface area contributed by atoms with Crippen LogP contribution >= 0.6 is 11.6 Å². The quantitative estimate of drug-likeness (QED) is 0.550. The number of carbonyl (C=O) groups is 2. The molecule has 0 saturated heterocycles. The van der Waals surface area contributed by atoms with Gasteiger partial charge in [-0.25, -0.2) is 13.2 Å². The average molecular weight is 450 g/mol. The van der Waals surface area contributed by atoms with Gasteiger partial charge in [0.05, 0.1) is 16.3 Å². The third-order valence-electron chi connectivity index (χ3n) is 3.96. The normalized spacial score (nSPS) is 11.0. The van der Waals surface area contributed by atoms with Gasteiger partial charge in [0.25, 0.3) is 15.9 Å². The van der Waals surface area contributed by atoms with Gasteiger partial charge in [0.1, 0.15) is 11.2 Å². The topological polar surface area (TPSA) is 119 Å². The summed E-state index contributed by atoms with van der Waals surface area (Å²) in [5, 5.41) is 5.80. The van der Waals surface area contributed by atoms with E-state index in [4.69, 9.17) is 16.3 Å². The van der Waals surface area contributed by atoms with Crippen molar-refractivity contribution in [2.24, 2.45) is 0 Å². The average Bonchev–Trinajstić information content (AvgIpc) is 3.25. The van der Waals surface area contributed by atoms with Gasteiger partial charge in [-0.15, -0.1) is 0 Å². The van der Waals surface area contributed by atoms with Gasteiger partial charge in [-0.05, 0) is 30.3 Å². The first-order valence-electron chi connectivity index (χ1n) is 8.50. The van der Waals surface area contributed by atoms with E-state index in [0.29, 0.717) is 5.69 Å². The highest BCUT2D eigenvalue weighted by molar-refractivity contribution is 7.93. The van der Waals surface area contributed by atoms with E-state index in [2.05, 4.69) is 15.0 Å². The van der Waals surface area contributed by atoms with Crippen molar-refractivity contribution in [3.05, 3.63) is 71.4 Å². The van der Waals surface area contributed by atoms with Crippen LogP contribution in [0, 0.1) is 0 Å². The first-order valence-corrected chi connectivity index (χ1v) is 10.3. The van der Waals surface area contributed by atoms with Gasteiger partial charge in [0.15, 0.2) is 12.4 Å². The molecule has 1 amide bonds. The third-order valence-corrected chi connectivity index (χ3v) is 6.23. The van der Waals surface area contributed by atoms with E-state index < -0.39 is 28.5 Å². The summed E-state index contributed by atoms with van der Waals surface area (Å²) in [5.41, 5.74) is 0.347. The molecule has 30 heavy (non-hydrogen) atoms. The largest absolute Gasteiger partial charge is 0.452 e. The van der Waals surface area contributed by atoms with Crippen LogP contribution in [0.2, 0.25) is 5.02 Å². The van der Waals surface area contributed by atoms with E-state index in [1.165, 1.54) is 31.5 Å². The molecule has 2 aromatic carbocycles. The van der Waals surface area contributed by atoms with Gasteiger partial charge in [-0.3, -0.25) is 9.10 Å². The zero-order valence-corrected chi connectivity index (χ0v) is 17.2. The number of aromatic nitrogens is 1. The summed E-state index contributed by atoms with van der Waals surface area (Å²) in [5.74, 6) is -1.36. The molecule has 0 bridgehead atoms. The van der Waals surface area contributed by atoms with Crippen molar-refractivity contribution in [2.45, 2.75) is 4.90 Å². The van der Waals surface area contributed by atoms with Crippen molar-refractivity contribution in [1.29, 1.82) is 0 Å². The van der Waals surface area contributed by atoms with E-state index in [0.717, 1.165) is 10.4 Å². The van der Waals surface area contributed by atoms with Crippen LogP contribution in [0.5, 0.6) is 0 Å². The number of nitrogens with one attached hydrogen (secondary N) is 1. The summed E-state index contributed by atoms with van der Waals surface area (Å²) in [6, 6.07) is 13.5. The number of amides is 1. The van der Waals surface area contributed by atoms with Crippen LogP contribution in [-0.2, 0) is 19.6 Å². The monoisotopic (exact) mass is 449 g/mol. The van der Waals surface area contributed by atoms with Crippen molar-refractivity contribution in [1.82, 2.24) is 5.16 Å². The molecule has 0 aliphatic carbocycles. The lowest BCUT2D eigenvalue weighted by atomic mass is 10.2. The Hall–Kier alpha value is -3.37. The number of anilines is 2. The molecule has 11 heteroatoms. The summed E-state index contributed by atoms with van der Waals surface area (Å²) in [4.78, 5) is 23.8. The Morgan fingerprint density at radius 3 is 2.57 bits per heavy atom. The smallest absolute Gasteiger partial charge is 0.338 e. The van der Waals surface area contributed by atoms with Gasteiger partial charge in [0.2, 0.25) is 0 Å². The van der Waals surface area contributed by atoms with Crippen LogP contribution < -0.4 is 9.62 Å². The minimum Gasteiger partial charge on any atom is -0.452 e. The first-order chi connectivity index (χ1) is 14.3. The van der Waals surface area contributed by atoms with Crippen molar-refractivity contribution in [3.8, 4) is 0 Å². The highest BCUT2D eigenvalue weighted by Crippen LogP contribution is 2.28. The predicted octanol–water partition coefficient (Wildman–Crippen LogP) is 2.95.